The molecule has 0 unspecified atom stereocenters. The third-order valence-corrected chi connectivity index (χ3v) is 3.55. The second kappa shape index (κ2) is 5.19. The minimum absolute atomic E-state index is 0.376. The summed E-state index contributed by atoms with van der Waals surface area (Å²) in [5.74, 6) is 0.644. The molecule has 2 aromatic rings. The van der Waals surface area contributed by atoms with E-state index < -0.39 is 24.5 Å². The molecule has 1 aliphatic heterocycles. The quantitative estimate of drug-likeness (QED) is 0.626. The van der Waals surface area contributed by atoms with Gasteiger partial charge in [0, 0.05) is 14.1 Å². The molecule has 0 radical (unpaired) electrons. The Morgan fingerprint density at radius 2 is 2.00 bits per heavy atom. The molecule has 9 nitrogen and oxygen atoms in total. The third kappa shape index (κ3) is 2.14. The molecule has 2 aromatic heterocycles. The predicted molar refractivity (Wildman–Crippen MR) is 72.7 cm³/mol. The SMILES string of the molecule is CN(C)c1ncnc2c1ncn2[C@H]1O[C@@H](CO)[C@H](O)[C@@H]1O. The Bertz CT molecular complexity index is 646. The molecule has 1 saturated heterocycles. The van der Waals surface area contributed by atoms with Crippen molar-refractivity contribution < 1.29 is 20.1 Å². The van der Waals surface area contributed by atoms with Crippen LogP contribution in [0.15, 0.2) is 12.7 Å². The van der Waals surface area contributed by atoms with Crippen LogP contribution in [-0.4, -0.2) is 73.9 Å². The van der Waals surface area contributed by atoms with Gasteiger partial charge in [0.1, 0.15) is 24.6 Å². The molecule has 1 aliphatic rings. The van der Waals surface area contributed by atoms with Crippen LogP contribution in [0.3, 0.4) is 0 Å². The first-order valence-corrected chi connectivity index (χ1v) is 6.52. The minimum atomic E-state index is -1.17. The van der Waals surface area contributed by atoms with Crippen molar-refractivity contribution in [1.29, 1.82) is 0 Å². The summed E-state index contributed by atoms with van der Waals surface area (Å²) in [6.45, 7) is -0.376. The Kier molecular flexibility index (Phi) is 3.49. The summed E-state index contributed by atoms with van der Waals surface area (Å²) in [6.07, 6.45) is -1.14. The Labute approximate surface area is 120 Å². The number of nitrogens with zero attached hydrogens (tertiary/aromatic N) is 5. The van der Waals surface area contributed by atoms with Gasteiger partial charge in [-0.3, -0.25) is 4.57 Å². The number of imidazole rings is 1. The van der Waals surface area contributed by atoms with Crippen molar-refractivity contribution in [2.75, 3.05) is 25.6 Å². The molecule has 3 heterocycles. The number of aromatic nitrogens is 4. The molecule has 21 heavy (non-hydrogen) atoms. The van der Waals surface area contributed by atoms with E-state index in [1.807, 2.05) is 14.1 Å². The zero-order valence-corrected chi connectivity index (χ0v) is 11.7. The lowest BCUT2D eigenvalue weighted by Crippen LogP contribution is -2.33. The van der Waals surface area contributed by atoms with Crippen molar-refractivity contribution in [3.8, 4) is 0 Å². The van der Waals surface area contributed by atoms with Gasteiger partial charge in [-0.1, -0.05) is 0 Å². The standard InChI is InChI=1S/C12H17N5O4/c1-16(2)10-7-11(14-4-13-10)17(5-15-7)12-9(20)8(19)6(3-18)21-12/h4-6,8-9,12,18-20H,3H2,1-2H3/t6-,8-,9-,12-/m0/s1. The summed E-state index contributed by atoms with van der Waals surface area (Å²) in [6, 6.07) is 0. The van der Waals surface area contributed by atoms with Gasteiger partial charge < -0.3 is 25.0 Å². The highest BCUT2D eigenvalue weighted by Crippen LogP contribution is 2.32. The van der Waals surface area contributed by atoms with Gasteiger partial charge in [0.15, 0.2) is 23.2 Å². The zero-order chi connectivity index (χ0) is 15.1. The fraction of sp³-hybridized carbons (Fsp3) is 0.583. The maximum absolute atomic E-state index is 10.1. The van der Waals surface area contributed by atoms with Gasteiger partial charge in [0.05, 0.1) is 12.9 Å². The fourth-order valence-corrected chi connectivity index (χ4v) is 2.46. The van der Waals surface area contributed by atoms with E-state index in [0.717, 1.165) is 0 Å². The molecule has 1 fully saturated rings. The van der Waals surface area contributed by atoms with Gasteiger partial charge in [0.25, 0.3) is 0 Å². The number of hydrogen-bond donors (Lipinski definition) is 3. The lowest BCUT2D eigenvalue weighted by atomic mass is 10.1. The monoisotopic (exact) mass is 295 g/mol. The van der Waals surface area contributed by atoms with E-state index in [2.05, 4.69) is 15.0 Å². The van der Waals surface area contributed by atoms with Crippen molar-refractivity contribution in [2.45, 2.75) is 24.5 Å². The smallest absolute Gasteiger partial charge is 0.167 e. The summed E-state index contributed by atoms with van der Waals surface area (Å²) in [5, 5.41) is 29.1. The van der Waals surface area contributed by atoms with Crippen molar-refractivity contribution in [1.82, 2.24) is 19.5 Å². The lowest BCUT2D eigenvalue weighted by molar-refractivity contribution is -0.0511. The normalized spacial score (nSPS) is 29.2. The van der Waals surface area contributed by atoms with E-state index in [0.29, 0.717) is 17.0 Å². The Morgan fingerprint density at radius 3 is 2.62 bits per heavy atom. The second-order valence-electron chi connectivity index (χ2n) is 5.14. The van der Waals surface area contributed by atoms with Crippen LogP contribution < -0.4 is 4.90 Å². The van der Waals surface area contributed by atoms with Crippen LogP contribution in [0.25, 0.3) is 11.2 Å². The van der Waals surface area contributed by atoms with Crippen LogP contribution in [-0.2, 0) is 4.74 Å². The molecule has 4 atom stereocenters. The number of aliphatic hydroxyl groups is 3. The van der Waals surface area contributed by atoms with Gasteiger partial charge >= 0.3 is 0 Å². The van der Waals surface area contributed by atoms with Crippen LogP contribution >= 0.6 is 0 Å². The molecule has 9 heteroatoms. The largest absolute Gasteiger partial charge is 0.394 e. The van der Waals surface area contributed by atoms with Crippen molar-refractivity contribution in [3.63, 3.8) is 0 Å². The third-order valence-electron chi connectivity index (χ3n) is 3.55. The molecule has 0 amide bonds. The Balaban J connectivity index is 2.04. The van der Waals surface area contributed by atoms with E-state index in [-0.39, 0.29) is 6.61 Å². The Morgan fingerprint density at radius 1 is 1.24 bits per heavy atom. The number of rotatable bonds is 3. The Hall–Kier alpha value is -1.81. The maximum atomic E-state index is 10.1. The number of fused-ring (bicyclic) bond motifs is 1. The van der Waals surface area contributed by atoms with Crippen LogP contribution in [0, 0.1) is 0 Å². The average molecular weight is 295 g/mol. The molecule has 0 bridgehead atoms. The highest BCUT2D eigenvalue weighted by molar-refractivity contribution is 5.83. The maximum Gasteiger partial charge on any atom is 0.167 e. The van der Waals surface area contributed by atoms with Gasteiger partial charge in [-0.2, -0.15) is 0 Å². The van der Waals surface area contributed by atoms with E-state index in [1.54, 1.807) is 4.90 Å². The molecule has 0 spiro atoms. The molecule has 3 N–H and O–H groups in total. The van der Waals surface area contributed by atoms with Crippen LogP contribution in [0.2, 0.25) is 0 Å². The molecule has 3 rings (SSSR count). The summed E-state index contributed by atoms with van der Waals surface area (Å²) < 4.78 is 7.02. The predicted octanol–water partition coefficient (Wildman–Crippen LogP) is -1.50. The summed E-state index contributed by atoms with van der Waals surface area (Å²) in [4.78, 5) is 14.4. The summed E-state index contributed by atoms with van der Waals surface area (Å²) >= 11 is 0. The van der Waals surface area contributed by atoms with E-state index in [9.17, 15) is 10.2 Å². The summed E-state index contributed by atoms with van der Waals surface area (Å²) in [7, 11) is 3.68. The molecule has 0 aromatic carbocycles. The highest BCUT2D eigenvalue weighted by atomic mass is 16.6. The van der Waals surface area contributed by atoms with Gasteiger partial charge in [-0.15, -0.1) is 0 Å². The molecule has 0 aliphatic carbocycles. The average Bonchev–Trinajstić information content (AvgIpc) is 3.01. The second-order valence-corrected chi connectivity index (χ2v) is 5.14. The van der Waals surface area contributed by atoms with E-state index in [1.165, 1.54) is 17.2 Å². The molecule has 0 saturated carbocycles. The van der Waals surface area contributed by atoms with Crippen molar-refractivity contribution in [3.05, 3.63) is 12.7 Å². The van der Waals surface area contributed by atoms with Gasteiger partial charge in [-0.25, -0.2) is 15.0 Å². The van der Waals surface area contributed by atoms with Gasteiger partial charge in [0.2, 0.25) is 0 Å². The topological polar surface area (TPSA) is 117 Å². The lowest BCUT2D eigenvalue weighted by Gasteiger charge is -2.17. The zero-order valence-electron chi connectivity index (χ0n) is 11.7. The van der Waals surface area contributed by atoms with Crippen LogP contribution in [0.4, 0.5) is 5.82 Å². The van der Waals surface area contributed by atoms with Crippen LogP contribution in [0.5, 0.6) is 0 Å². The minimum Gasteiger partial charge on any atom is -0.394 e. The van der Waals surface area contributed by atoms with E-state index in [4.69, 9.17) is 9.84 Å². The molecular formula is C12H17N5O4. The highest BCUT2D eigenvalue weighted by Gasteiger charge is 2.44. The number of ether oxygens (including phenoxy) is 1. The number of hydrogen-bond acceptors (Lipinski definition) is 8. The molecular weight excluding hydrogens is 278 g/mol. The van der Waals surface area contributed by atoms with Crippen molar-refractivity contribution >= 4 is 17.0 Å². The molecule has 114 valence electrons. The number of anilines is 1. The van der Waals surface area contributed by atoms with Crippen molar-refractivity contribution in [2.24, 2.45) is 0 Å². The first-order chi connectivity index (χ1) is 10.0. The van der Waals surface area contributed by atoms with Gasteiger partial charge in [-0.05, 0) is 0 Å². The first-order valence-electron chi connectivity index (χ1n) is 6.52. The number of aliphatic hydroxyl groups excluding tert-OH is 3. The van der Waals surface area contributed by atoms with Crippen LogP contribution in [0.1, 0.15) is 6.23 Å². The van der Waals surface area contributed by atoms with E-state index >= 15 is 0 Å². The fourth-order valence-electron chi connectivity index (χ4n) is 2.46. The summed E-state index contributed by atoms with van der Waals surface area (Å²) in [5.41, 5.74) is 1.06. The first kappa shape index (κ1) is 14.1.